The molecule has 5 nitrogen and oxygen atoms in total. The molecule has 3 aromatic carbocycles. The first-order valence-corrected chi connectivity index (χ1v) is 11.2. The Morgan fingerprint density at radius 1 is 0.667 bits per heavy atom. The minimum Gasteiger partial charge on any atom is -0.254 e. The van der Waals surface area contributed by atoms with Gasteiger partial charge >= 0.3 is 0 Å². The van der Waals surface area contributed by atoms with Gasteiger partial charge in [-0.15, -0.1) is 5.23 Å². The van der Waals surface area contributed by atoms with Crippen LogP contribution in [0.1, 0.15) is 27.7 Å². The van der Waals surface area contributed by atoms with E-state index in [1.807, 2.05) is 58.2 Å². The molecule has 2 aromatic heterocycles. The summed E-state index contributed by atoms with van der Waals surface area (Å²) < 4.78 is 0. The van der Waals surface area contributed by atoms with Crippen molar-refractivity contribution in [3.8, 4) is 11.3 Å². The Labute approximate surface area is 192 Å². The van der Waals surface area contributed by atoms with Crippen molar-refractivity contribution in [1.29, 1.82) is 0 Å². The van der Waals surface area contributed by atoms with E-state index in [1.165, 1.54) is 0 Å². The van der Waals surface area contributed by atoms with Crippen molar-refractivity contribution >= 4 is 38.3 Å². The Hall–Kier alpha value is -3.54. The monoisotopic (exact) mass is 435 g/mol. The smallest absolute Gasteiger partial charge is 0.124 e. The third kappa shape index (κ3) is 3.08. The first kappa shape index (κ1) is 20.1. The molecule has 0 bridgehead atoms. The van der Waals surface area contributed by atoms with Gasteiger partial charge < -0.3 is 0 Å². The van der Waals surface area contributed by atoms with Gasteiger partial charge in [-0.25, -0.2) is 14.7 Å². The van der Waals surface area contributed by atoms with Crippen LogP contribution in [0.25, 0.3) is 43.8 Å². The lowest BCUT2D eigenvalue weighted by atomic mass is 9.90. The highest BCUT2D eigenvalue weighted by Gasteiger charge is 2.50. The molecule has 0 amide bonds. The maximum atomic E-state index is 6.20. The van der Waals surface area contributed by atoms with E-state index in [4.69, 9.17) is 14.7 Å². The third-order valence-electron chi connectivity index (χ3n) is 6.88. The molecule has 3 heterocycles. The second kappa shape index (κ2) is 6.98. The maximum Gasteiger partial charge on any atom is 0.124 e. The summed E-state index contributed by atoms with van der Waals surface area (Å²) in [6, 6.07) is 24.8. The molecule has 164 valence electrons. The zero-order chi connectivity index (χ0) is 22.8. The van der Waals surface area contributed by atoms with Gasteiger partial charge in [0.2, 0.25) is 0 Å². The lowest BCUT2D eigenvalue weighted by molar-refractivity contribution is -0.0266. The summed E-state index contributed by atoms with van der Waals surface area (Å²) in [5.41, 5.74) is 3.76. The molecule has 0 spiro atoms. The van der Waals surface area contributed by atoms with Gasteiger partial charge in [-0.05, 0) is 57.3 Å². The van der Waals surface area contributed by atoms with Crippen molar-refractivity contribution in [2.45, 2.75) is 38.9 Å². The number of aromatic nitrogens is 2. The summed E-state index contributed by atoms with van der Waals surface area (Å²) >= 11 is 0. The number of benzene rings is 3. The van der Waals surface area contributed by atoms with E-state index in [0.29, 0.717) is 0 Å². The second-order valence-electron chi connectivity index (χ2n) is 9.55. The Morgan fingerprint density at radius 2 is 1.33 bits per heavy atom. The number of hydrogen-bond acceptors (Lipinski definition) is 5. The van der Waals surface area contributed by atoms with Gasteiger partial charge in [0.05, 0.1) is 16.7 Å². The fraction of sp³-hybridized carbons (Fsp3) is 0.214. The largest absolute Gasteiger partial charge is 0.254 e. The molecule has 0 aliphatic carbocycles. The highest BCUT2D eigenvalue weighted by Crippen LogP contribution is 2.43. The molecule has 5 heteroatoms. The van der Waals surface area contributed by atoms with Crippen molar-refractivity contribution in [3.63, 3.8) is 0 Å². The zero-order valence-corrected chi connectivity index (χ0v) is 19.2. The van der Waals surface area contributed by atoms with E-state index in [9.17, 15) is 0 Å². The third-order valence-corrected chi connectivity index (χ3v) is 6.88. The van der Waals surface area contributed by atoms with Gasteiger partial charge in [0, 0.05) is 27.9 Å². The average molecular weight is 436 g/mol. The lowest BCUT2D eigenvalue weighted by Gasteiger charge is -2.26. The Morgan fingerprint density at radius 3 is 2.09 bits per heavy atom. The minimum absolute atomic E-state index is 0.458. The molecule has 33 heavy (non-hydrogen) atoms. The molecule has 6 rings (SSSR count). The van der Waals surface area contributed by atoms with Crippen LogP contribution in [-0.4, -0.2) is 21.2 Å². The van der Waals surface area contributed by atoms with E-state index < -0.39 is 11.2 Å². The first-order chi connectivity index (χ1) is 15.8. The Balaban J connectivity index is 1.53. The summed E-state index contributed by atoms with van der Waals surface area (Å²) in [4.78, 5) is 22.1. The lowest BCUT2D eigenvalue weighted by Crippen LogP contribution is -2.41. The summed E-state index contributed by atoms with van der Waals surface area (Å²) in [7, 11) is 0. The van der Waals surface area contributed by atoms with Gasteiger partial charge in [-0.1, -0.05) is 48.5 Å². The molecule has 5 aromatic rings. The number of rotatable bonds is 2. The standard InChI is InChI=1S/C28H25N3O2/c1-27(2)28(3,4)33-31(32-27)24-16-14-21(20-9-5-6-10-22(20)24)23-15-13-19-12-11-18-8-7-17-29-25(18)26(19)30-23/h5-17H,1-4H3. The topological polar surface area (TPSA) is 47.5 Å². The van der Waals surface area contributed by atoms with Crippen LogP contribution in [0.15, 0.2) is 79.0 Å². The van der Waals surface area contributed by atoms with E-state index in [-0.39, 0.29) is 0 Å². The normalized spacial score (nSPS) is 17.3. The Kier molecular flexibility index (Phi) is 4.25. The van der Waals surface area contributed by atoms with Crippen LogP contribution in [0.4, 0.5) is 5.69 Å². The molecule has 0 unspecified atom stereocenters. The molecule has 1 saturated heterocycles. The van der Waals surface area contributed by atoms with E-state index >= 15 is 0 Å². The fourth-order valence-electron chi connectivity index (χ4n) is 4.29. The predicted octanol–water partition coefficient (Wildman–Crippen LogP) is 6.84. The van der Waals surface area contributed by atoms with Crippen LogP contribution in [0, 0.1) is 0 Å². The van der Waals surface area contributed by atoms with Gasteiger partial charge in [0.1, 0.15) is 16.9 Å². The summed E-state index contributed by atoms with van der Waals surface area (Å²) in [5.74, 6) is 0. The highest BCUT2D eigenvalue weighted by molar-refractivity contribution is 6.06. The van der Waals surface area contributed by atoms with Crippen molar-refractivity contribution in [1.82, 2.24) is 9.97 Å². The summed E-state index contributed by atoms with van der Waals surface area (Å²) in [6.45, 7) is 8.17. The molecular weight excluding hydrogens is 410 g/mol. The van der Waals surface area contributed by atoms with Crippen molar-refractivity contribution in [3.05, 3.63) is 79.0 Å². The number of nitrogens with zero attached hydrogens (tertiary/aromatic N) is 3. The first-order valence-electron chi connectivity index (χ1n) is 11.2. The molecule has 0 radical (unpaired) electrons. The van der Waals surface area contributed by atoms with Crippen LogP contribution in [0.2, 0.25) is 0 Å². The van der Waals surface area contributed by atoms with E-state index in [1.54, 1.807) is 5.23 Å². The van der Waals surface area contributed by atoms with Gasteiger partial charge in [-0.2, -0.15) is 0 Å². The van der Waals surface area contributed by atoms with Crippen LogP contribution in [0.3, 0.4) is 0 Å². The minimum atomic E-state index is -0.458. The second-order valence-corrected chi connectivity index (χ2v) is 9.55. The Bertz CT molecular complexity index is 1530. The van der Waals surface area contributed by atoms with Crippen LogP contribution >= 0.6 is 0 Å². The van der Waals surface area contributed by atoms with Gasteiger partial charge in [0.15, 0.2) is 0 Å². The van der Waals surface area contributed by atoms with Gasteiger partial charge in [0.25, 0.3) is 0 Å². The van der Waals surface area contributed by atoms with Crippen LogP contribution in [-0.2, 0) is 9.68 Å². The summed E-state index contributed by atoms with van der Waals surface area (Å²) in [6.07, 6.45) is 1.82. The molecule has 1 aliphatic rings. The molecule has 1 fully saturated rings. The van der Waals surface area contributed by atoms with Crippen molar-refractivity contribution in [2.75, 3.05) is 5.23 Å². The SMILES string of the molecule is CC1(C)ON(c2ccc(-c3ccc4ccc5cccnc5c4n3)c3ccccc23)OC1(C)C. The number of hydrogen-bond donors (Lipinski definition) is 0. The number of pyridine rings is 2. The quantitative estimate of drug-likeness (QED) is 0.284. The predicted molar refractivity (Wildman–Crippen MR) is 133 cm³/mol. The number of anilines is 1. The number of fused-ring (bicyclic) bond motifs is 4. The van der Waals surface area contributed by atoms with Crippen LogP contribution in [0.5, 0.6) is 0 Å². The molecule has 1 aliphatic heterocycles. The van der Waals surface area contributed by atoms with Gasteiger partial charge in [-0.3, -0.25) is 4.98 Å². The molecule has 0 atom stereocenters. The van der Waals surface area contributed by atoms with Crippen molar-refractivity contribution < 1.29 is 9.68 Å². The van der Waals surface area contributed by atoms with Crippen LogP contribution < -0.4 is 5.23 Å². The molecular formula is C28H25N3O2. The van der Waals surface area contributed by atoms with Crippen molar-refractivity contribution in [2.24, 2.45) is 0 Å². The maximum absolute atomic E-state index is 6.20. The fourth-order valence-corrected chi connectivity index (χ4v) is 4.29. The summed E-state index contributed by atoms with van der Waals surface area (Å²) in [5, 5.41) is 5.86. The molecule has 0 N–H and O–H groups in total. The van der Waals surface area contributed by atoms with E-state index in [0.717, 1.165) is 49.5 Å². The van der Waals surface area contributed by atoms with E-state index in [2.05, 4.69) is 53.5 Å². The average Bonchev–Trinajstić information content (AvgIpc) is 3.04. The zero-order valence-electron chi connectivity index (χ0n) is 19.2. The highest BCUT2D eigenvalue weighted by atomic mass is 17.0. The molecule has 0 saturated carbocycles.